The smallest absolute Gasteiger partial charge is 0.267 e. The van der Waals surface area contributed by atoms with E-state index in [0.717, 1.165) is 24.8 Å². The Bertz CT molecular complexity index is 832. The summed E-state index contributed by atoms with van der Waals surface area (Å²) in [6.45, 7) is 0. The minimum absolute atomic E-state index is 0.0612. The number of nitro groups is 1. The number of hydrogen-bond donors (Lipinski definition) is 1. The van der Waals surface area contributed by atoms with Gasteiger partial charge in [-0.1, -0.05) is 17.7 Å². The fourth-order valence-corrected chi connectivity index (χ4v) is 3.97. The highest BCUT2D eigenvalue weighted by atomic mass is 35.5. The normalized spacial score (nSPS) is 13.7. The fourth-order valence-electron chi connectivity index (χ4n) is 2.66. The van der Waals surface area contributed by atoms with Crippen molar-refractivity contribution < 1.29 is 9.72 Å². The molecule has 0 aliphatic heterocycles. The van der Waals surface area contributed by atoms with Crippen molar-refractivity contribution >= 4 is 40.7 Å². The number of amides is 1. The number of aryl methyl sites for hydroxylation is 1. The van der Waals surface area contributed by atoms with Crippen LogP contribution in [0.2, 0.25) is 5.02 Å². The van der Waals surface area contributed by atoms with Crippen molar-refractivity contribution in [3.05, 3.63) is 60.3 Å². The maximum atomic E-state index is 12.2. The Morgan fingerprint density at radius 3 is 2.96 bits per heavy atom. The van der Waals surface area contributed by atoms with Gasteiger partial charge in [-0.15, -0.1) is 11.3 Å². The van der Waals surface area contributed by atoms with Gasteiger partial charge in [-0.25, -0.2) is 5.43 Å². The first-order valence-corrected chi connectivity index (χ1v) is 8.68. The molecule has 124 valence electrons. The summed E-state index contributed by atoms with van der Waals surface area (Å²) in [7, 11) is 0. The number of nitrogens with zero attached hydrogens (tertiary/aromatic N) is 2. The molecule has 1 aliphatic carbocycles. The molecule has 6 nitrogen and oxygen atoms in total. The predicted molar refractivity (Wildman–Crippen MR) is 94.1 cm³/mol. The second-order valence-corrected chi connectivity index (χ2v) is 6.80. The molecular weight excluding hydrogens is 350 g/mol. The largest absolute Gasteiger partial charge is 0.288 e. The van der Waals surface area contributed by atoms with Crippen LogP contribution in [-0.4, -0.2) is 17.0 Å². The molecule has 0 unspecified atom stereocenters. The van der Waals surface area contributed by atoms with E-state index >= 15 is 0 Å². The lowest BCUT2D eigenvalue weighted by Crippen LogP contribution is -2.19. The minimum atomic E-state index is -0.560. The molecule has 24 heavy (non-hydrogen) atoms. The Morgan fingerprint density at radius 2 is 2.17 bits per heavy atom. The Morgan fingerprint density at radius 1 is 1.38 bits per heavy atom. The van der Waals surface area contributed by atoms with Crippen LogP contribution in [0, 0.1) is 10.1 Å². The number of nitro benzene ring substituents is 1. The van der Waals surface area contributed by atoms with Crippen molar-refractivity contribution in [3.8, 4) is 0 Å². The van der Waals surface area contributed by atoms with E-state index in [1.54, 1.807) is 17.4 Å². The van der Waals surface area contributed by atoms with Crippen LogP contribution in [0.3, 0.4) is 0 Å². The van der Waals surface area contributed by atoms with Crippen LogP contribution in [0.4, 0.5) is 5.69 Å². The zero-order chi connectivity index (χ0) is 17.1. The third kappa shape index (κ3) is 3.47. The summed E-state index contributed by atoms with van der Waals surface area (Å²) in [6.07, 6.45) is 5.59. The molecule has 1 N–H and O–H groups in total. The maximum absolute atomic E-state index is 12.2. The molecule has 1 aromatic heterocycles. The van der Waals surface area contributed by atoms with E-state index in [-0.39, 0.29) is 16.6 Å². The second kappa shape index (κ2) is 7.11. The first-order valence-electron chi connectivity index (χ1n) is 7.43. The summed E-state index contributed by atoms with van der Waals surface area (Å²) < 4.78 is 0. The lowest BCUT2D eigenvalue weighted by Gasteiger charge is -2.11. The molecule has 0 saturated carbocycles. The van der Waals surface area contributed by atoms with Gasteiger partial charge in [0.1, 0.15) is 5.02 Å². The quantitative estimate of drug-likeness (QED) is 0.507. The Labute approximate surface area is 147 Å². The van der Waals surface area contributed by atoms with E-state index in [0.29, 0.717) is 11.1 Å². The van der Waals surface area contributed by atoms with Crippen molar-refractivity contribution in [1.29, 1.82) is 0 Å². The van der Waals surface area contributed by atoms with Crippen molar-refractivity contribution in [3.63, 3.8) is 0 Å². The van der Waals surface area contributed by atoms with E-state index in [2.05, 4.69) is 10.5 Å². The van der Waals surface area contributed by atoms with E-state index in [9.17, 15) is 14.9 Å². The average Bonchev–Trinajstić information content (AvgIpc) is 3.00. The molecule has 0 atom stereocenters. The zero-order valence-electron chi connectivity index (χ0n) is 12.6. The highest BCUT2D eigenvalue weighted by molar-refractivity contribution is 7.10. The first kappa shape index (κ1) is 16.6. The molecule has 0 bridgehead atoms. The van der Waals surface area contributed by atoms with Gasteiger partial charge in [0.25, 0.3) is 11.6 Å². The number of fused-ring (bicyclic) bond motifs is 1. The number of carbonyl (C=O) groups is 1. The van der Waals surface area contributed by atoms with Crippen molar-refractivity contribution in [1.82, 2.24) is 5.43 Å². The standard InChI is InChI=1S/C16H14ClN3O3S/c17-13-6-5-10(7-14(13)20(22)23)8-18-19-16(21)12-9-24-15-4-2-1-3-11(12)15/h5-9H,1-4H2,(H,19,21)/b18-8+. The molecule has 1 amide bonds. The highest BCUT2D eigenvalue weighted by Gasteiger charge is 2.19. The van der Waals surface area contributed by atoms with E-state index in [1.165, 1.54) is 29.6 Å². The second-order valence-electron chi connectivity index (χ2n) is 5.43. The van der Waals surface area contributed by atoms with Gasteiger partial charge in [0.15, 0.2) is 0 Å². The van der Waals surface area contributed by atoms with Crippen LogP contribution in [0.5, 0.6) is 0 Å². The van der Waals surface area contributed by atoms with E-state index in [4.69, 9.17) is 11.6 Å². The van der Waals surface area contributed by atoms with Crippen LogP contribution in [0.15, 0.2) is 28.7 Å². The molecule has 0 radical (unpaired) electrons. The van der Waals surface area contributed by atoms with Crippen molar-refractivity contribution in [2.45, 2.75) is 25.7 Å². The molecule has 0 spiro atoms. The van der Waals surface area contributed by atoms with Crippen molar-refractivity contribution in [2.24, 2.45) is 5.10 Å². The number of hydrazone groups is 1. The fraction of sp³-hybridized carbons (Fsp3) is 0.250. The Kier molecular flexibility index (Phi) is 4.92. The molecule has 1 aromatic carbocycles. The lowest BCUT2D eigenvalue weighted by atomic mass is 9.96. The van der Waals surface area contributed by atoms with E-state index in [1.807, 2.05) is 5.38 Å². The third-order valence-corrected chi connectivity index (χ3v) is 5.26. The summed E-state index contributed by atoms with van der Waals surface area (Å²) in [5, 5.41) is 16.7. The SMILES string of the molecule is O=C(N/N=C/c1ccc(Cl)c([N+](=O)[O-])c1)c1csc2c1CCCC2. The summed E-state index contributed by atoms with van der Waals surface area (Å²) in [5.41, 5.74) is 4.57. The monoisotopic (exact) mass is 363 g/mol. The molecule has 8 heteroatoms. The van der Waals surface area contributed by atoms with Crippen LogP contribution >= 0.6 is 22.9 Å². The average molecular weight is 364 g/mol. The van der Waals surface area contributed by atoms with Crippen LogP contribution < -0.4 is 5.43 Å². The highest BCUT2D eigenvalue weighted by Crippen LogP contribution is 2.30. The van der Waals surface area contributed by atoms with Gasteiger partial charge in [-0.3, -0.25) is 14.9 Å². The molecular formula is C16H14ClN3O3S. The molecule has 2 aromatic rings. The number of nitrogens with one attached hydrogen (secondary N) is 1. The zero-order valence-corrected chi connectivity index (χ0v) is 14.2. The van der Waals surface area contributed by atoms with Crippen LogP contribution in [0.25, 0.3) is 0 Å². The molecule has 1 aliphatic rings. The summed E-state index contributed by atoms with van der Waals surface area (Å²) in [5.74, 6) is -0.255. The summed E-state index contributed by atoms with van der Waals surface area (Å²) in [6, 6.07) is 4.33. The third-order valence-electron chi connectivity index (χ3n) is 3.85. The number of halogens is 1. The number of benzene rings is 1. The van der Waals surface area contributed by atoms with Gasteiger partial charge in [0.2, 0.25) is 0 Å². The van der Waals surface area contributed by atoms with Gasteiger partial charge in [0, 0.05) is 21.9 Å². The van der Waals surface area contributed by atoms with Gasteiger partial charge >= 0.3 is 0 Å². The van der Waals surface area contributed by atoms with Crippen LogP contribution in [0.1, 0.15) is 39.2 Å². The number of rotatable bonds is 4. The van der Waals surface area contributed by atoms with Crippen LogP contribution in [-0.2, 0) is 12.8 Å². The van der Waals surface area contributed by atoms with Crippen molar-refractivity contribution in [2.75, 3.05) is 0 Å². The summed E-state index contributed by atoms with van der Waals surface area (Å²) >= 11 is 7.37. The Hall–Kier alpha value is -2.25. The maximum Gasteiger partial charge on any atom is 0.288 e. The Balaban J connectivity index is 1.70. The molecule has 0 fully saturated rings. The number of hydrogen-bond acceptors (Lipinski definition) is 5. The predicted octanol–water partition coefficient (Wildman–Crippen LogP) is 3.95. The number of carbonyl (C=O) groups excluding carboxylic acids is 1. The minimum Gasteiger partial charge on any atom is -0.267 e. The van der Waals surface area contributed by atoms with Gasteiger partial charge < -0.3 is 0 Å². The molecule has 3 rings (SSSR count). The topological polar surface area (TPSA) is 84.6 Å². The lowest BCUT2D eigenvalue weighted by molar-refractivity contribution is -0.384. The van der Waals surface area contributed by atoms with Gasteiger partial charge in [0.05, 0.1) is 16.7 Å². The molecule has 0 saturated heterocycles. The van der Waals surface area contributed by atoms with Gasteiger partial charge in [-0.2, -0.15) is 5.10 Å². The summed E-state index contributed by atoms with van der Waals surface area (Å²) in [4.78, 5) is 23.8. The van der Waals surface area contributed by atoms with Gasteiger partial charge in [-0.05, 0) is 37.3 Å². The number of thiophene rings is 1. The first-order chi connectivity index (χ1) is 11.6. The molecule has 1 heterocycles. The van der Waals surface area contributed by atoms with E-state index < -0.39 is 4.92 Å².